The first-order valence-electron chi connectivity index (χ1n) is 10.7. The third-order valence-electron chi connectivity index (χ3n) is 5.78. The van der Waals surface area contributed by atoms with Gasteiger partial charge in [-0.25, -0.2) is 9.18 Å². The lowest BCUT2D eigenvalue weighted by molar-refractivity contribution is -0.136. The molecule has 3 aliphatic rings. The lowest BCUT2D eigenvalue weighted by Crippen LogP contribution is -2.54. The third kappa shape index (κ3) is 4.27. The van der Waals surface area contributed by atoms with E-state index in [1.165, 1.54) is 11.0 Å². The molecule has 1 aromatic carbocycles. The average molecular weight is 460 g/mol. The summed E-state index contributed by atoms with van der Waals surface area (Å²) < 4.78 is 20.3. The zero-order chi connectivity index (χ0) is 24.1. The molecule has 3 aliphatic heterocycles. The summed E-state index contributed by atoms with van der Waals surface area (Å²) in [6.45, 7) is 6.57. The maximum absolute atomic E-state index is 15.0. The predicted molar refractivity (Wildman–Crippen MR) is 113 cm³/mol. The van der Waals surface area contributed by atoms with Crippen molar-refractivity contribution < 1.29 is 33.1 Å². The highest BCUT2D eigenvalue weighted by molar-refractivity contribution is 6.23. The molecule has 0 saturated carbocycles. The van der Waals surface area contributed by atoms with Crippen molar-refractivity contribution in [3.05, 3.63) is 29.1 Å². The number of piperidine rings is 1. The molecule has 0 bridgehead atoms. The van der Waals surface area contributed by atoms with Gasteiger partial charge in [0.25, 0.3) is 11.8 Å². The Hall–Kier alpha value is -3.50. The van der Waals surface area contributed by atoms with Crippen LogP contribution in [0.3, 0.4) is 0 Å². The normalized spacial score (nSPS) is 21.3. The number of halogens is 1. The molecule has 1 aromatic rings. The Labute approximate surface area is 189 Å². The van der Waals surface area contributed by atoms with E-state index in [2.05, 4.69) is 5.32 Å². The van der Waals surface area contributed by atoms with Crippen LogP contribution in [0.1, 0.15) is 54.3 Å². The van der Waals surface area contributed by atoms with E-state index in [0.29, 0.717) is 26.2 Å². The van der Waals surface area contributed by atoms with Crippen LogP contribution >= 0.6 is 0 Å². The minimum atomic E-state index is -1.11. The largest absolute Gasteiger partial charge is 0.444 e. The number of fused-ring (bicyclic) bond motifs is 1. The topological polar surface area (TPSA) is 116 Å². The van der Waals surface area contributed by atoms with Gasteiger partial charge in [-0.2, -0.15) is 0 Å². The van der Waals surface area contributed by atoms with Gasteiger partial charge in [-0.3, -0.25) is 29.4 Å². The Morgan fingerprint density at radius 1 is 1.03 bits per heavy atom. The Morgan fingerprint density at radius 3 is 2.21 bits per heavy atom. The van der Waals surface area contributed by atoms with Crippen molar-refractivity contribution in [1.82, 2.24) is 15.1 Å². The van der Waals surface area contributed by atoms with Crippen molar-refractivity contribution in [3.63, 3.8) is 0 Å². The number of anilines is 1. The van der Waals surface area contributed by atoms with E-state index in [9.17, 15) is 28.4 Å². The first-order valence-corrected chi connectivity index (χ1v) is 10.7. The van der Waals surface area contributed by atoms with Crippen LogP contribution in [0.15, 0.2) is 12.1 Å². The van der Waals surface area contributed by atoms with Gasteiger partial charge in [-0.05, 0) is 39.3 Å². The Bertz CT molecular complexity index is 1060. The first-order chi connectivity index (χ1) is 15.5. The van der Waals surface area contributed by atoms with Crippen molar-refractivity contribution in [2.75, 3.05) is 31.1 Å². The summed E-state index contributed by atoms with van der Waals surface area (Å²) in [5, 5.41) is 2.13. The summed E-state index contributed by atoms with van der Waals surface area (Å²) >= 11 is 0. The molecule has 3 heterocycles. The fourth-order valence-corrected chi connectivity index (χ4v) is 4.18. The summed E-state index contributed by atoms with van der Waals surface area (Å²) in [7, 11) is 0. The fraction of sp³-hybridized carbons (Fsp3) is 0.500. The number of carbonyl (C=O) groups excluding carboxylic acids is 5. The second-order valence-corrected chi connectivity index (χ2v) is 9.25. The van der Waals surface area contributed by atoms with Crippen molar-refractivity contribution in [2.45, 2.75) is 45.3 Å². The van der Waals surface area contributed by atoms with Crippen LogP contribution in [0.5, 0.6) is 0 Å². The van der Waals surface area contributed by atoms with Gasteiger partial charge in [0.1, 0.15) is 17.5 Å². The van der Waals surface area contributed by atoms with Crippen LogP contribution in [0, 0.1) is 5.82 Å². The number of ether oxygens (including phenoxy) is 1. The number of nitrogens with one attached hydrogen (secondary N) is 1. The number of hydrogen-bond acceptors (Lipinski definition) is 7. The van der Waals surface area contributed by atoms with Gasteiger partial charge in [-0.1, -0.05) is 0 Å². The van der Waals surface area contributed by atoms with Crippen molar-refractivity contribution in [1.29, 1.82) is 0 Å². The number of rotatable bonds is 2. The van der Waals surface area contributed by atoms with E-state index >= 15 is 0 Å². The molecule has 176 valence electrons. The molecule has 33 heavy (non-hydrogen) atoms. The molecule has 4 rings (SSSR count). The number of amides is 5. The minimum Gasteiger partial charge on any atom is -0.444 e. The quantitative estimate of drug-likeness (QED) is 0.661. The smallest absolute Gasteiger partial charge is 0.410 e. The maximum atomic E-state index is 15.0. The van der Waals surface area contributed by atoms with E-state index in [4.69, 9.17) is 4.74 Å². The summed E-state index contributed by atoms with van der Waals surface area (Å²) in [6, 6.07) is 1.22. The summed E-state index contributed by atoms with van der Waals surface area (Å²) in [5.74, 6) is -3.32. The SMILES string of the molecule is CC(C)(C)OC(=O)N1CCN(c2cc3c(cc2F)C(=O)N(C2CCC(=O)NC2=O)C3=O)CC1. The zero-order valence-electron chi connectivity index (χ0n) is 18.6. The fourth-order valence-electron chi connectivity index (χ4n) is 4.18. The number of carbonyl (C=O) groups is 5. The molecule has 11 heteroatoms. The molecule has 0 radical (unpaired) electrons. The molecule has 1 unspecified atom stereocenters. The molecule has 5 amide bonds. The average Bonchev–Trinajstić information content (AvgIpc) is 2.96. The molecular formula is C22H25FN4O6. The Morgan fingerprint density at radius 2 is 1.64 bits per heavy atom. The minimum absolute atomic E-state index is 0.00531. The molecule has 0 aromatic heterocycles. The maximum Gasteiger partial charge on any atom is 0.410 e. The third-order valence-corrected chi connectivity index (χ3v) is 5.78. The van der Waals surface area contributed by atoms with E-state index in [1.807, 2.05) is 0 Å². The molecule has 2 fully saturated rings. The van der Waals surface area contributed by atoms with Crippen molar-refractivity contribution in [2.24, 2.45) is 0 Å². The van der Waals surface area contributed by atoms with Gasteiger partial charge in [0.05, 0.1) is 16.8 Å². The molecular weight excluding hydrogens is 435 g/mol. The van der Waals surface area contributed by atoms with Crippen molar-refractivity contribution >= 4 is 35.4 Å². The number of piperazine rings is 1. The summed E-state index contributed by atoms with van der Waals surface area (Å²) in [6.07, 6.45) is -0.416. The molecule has 0 spiro atoms. The van der Waals surface area contributed by atoms with Gasteiger partial charge < -0.3 is 14.5 Å². The van der Waals surface area contributed by atoms with Crippen LogP contribution in [0.25, 0.3) is 0 Å². The number of hydrogen-bond donors (Lipinski definition) is 1. The lowest BCUT2D eigenvalue weighted by Gasteiger charge is -2.37. The van der Waals surface area contributed by atoms with Crippen molar-refractivity contribution in [3.8, 4) is 0 Å². The summed E-state index contributed by atoms with van der Waals surface area (Å²) in [5.41, 5.74) is -0.584. The standard InChI is InChI=1S/C22H25FN4O6/c1-22(2,3)33-21(32)26-8-6-25(7-9-26)16-11-13-12(10-14(16)23)19(30)27(20(13)31)15-4-5-17(28)24-18(15)29/h10-11,15H,4-9H2,1-3H3,(H,24,28,29). The number of nitrogens with zero attached hydrogens (tertiary/aromatic N) is 3. The summed E-state index contributed by atoms with van der Waals surface area (Å²) in [4.78, 5) is 65.7. The molecule has 1 atom stereocenters. The van der Waals surface area contributed by atoms with E-state index < -0.39 is 47.2 Å². The molecule has 2 saturated heterocycles. The van der Waals surface area contributed by atoms with Crippen LogP contribution in [-0.4, -0.2) is 77.3 Å². The lowest BCUT2D eigenvalue weighted by atomic mass is 10.0. The van der Waals surface area contributed by atoms with Gasteiger partial charge in [0.2, 0.25) is 11.8 Å². The highest BCUT2D eigenvalue weighted by Crippen LogP contribution is 2.33. The highest BCUT2D eigenvalue weighted by atomic mass is 19.1. The Kier molecular flexibility index (Phi) is 5.59. The first kappa shape index (κ1) is 22.7. The predicted octanol–water partition coefficient (Wildman–Crippen LogP) is 1.28. The van der Waals surface area contributed by atoms with E-state index in [1.54, 1.807) is 25.7 Å². The molecule has 1 N–H and O–H groups in total. The van der Waals surface area contributed by atoms with Gasteiger partial charge >= 0.3 is 6.09 Å². The molecule has 0 aliphatic carbocycles. The van der Waals surface area contributed by atoms with Gasteiger partial charge in [0, 0.05) is 32.6 Å². The zero-order valence-corrected chi connectivity index (χ0v) is 18.6. The van der Waals surface area contributed by atoms with Gasteiger partial charge in [-0.15, -0.1) is 0 Å². The molecule has 10 nitrogen and oxygen atoms in total. The second-order valence-electron chi connectivity index (χ2n) is 9.25. The number of benzene rings is 1. The number of imide groups is 2. The Balaban J connectivity index is 1.51. The van der Waals surface area contributed by atoms with E-state index in [0.717, 1.165) is 11.0 Å². The van der Waals surface area contributed by atoms with Gasteiger partial charge in [0.15, 0.2) is 0 Å². The van der Waals surface area contributed by atoms with Crippen LogP contribution in [-0.2, 0) is 14.3 Å². The monoisotopic (exact) mass is 460 g/mol. The van der Waals surface area contributed by atoms with Crippen LogP contribution in [0.4, 0.5) is 14.9 Å². The highest BCUT2D eigenvalue weighted by Gasteiger charge is 2.45. The second kappa shape index (κ2) is 8.13. The van der Waals surface area contributed by atoms with E-state index in [-0.39, 0.29) is 29.7 Å². The van der Waals surface area contributed by atoms with Crippen LogP contribution in [0.2, 0.25) is 0 Å². The van der Waals surface area contributed by atoms with Crippen LogP contribution < -0.4 is 10.2 Å².